The second-order valence-electron chi connectivity index (χ2n) is 4.72. The molecule has 0 bridgehead atoms. The summed E-state index contributed by atoms with van der Waals surface area (Å²) in [5.74, 6) is 0.475. The first-order valence-corrected chi connectivity index (χ1v) is 6.86. The van der Waals surface area contributed by atoms with E-state index in [1.165, 1.54) is 0 Å². The molecule has 2 aromatic carbocycles. The number of halogens is 1. The summed E-state index contributed by atoms with van der Waals surface area (Å²) in [4.78, 5) is 12.1. The summed E-state index contributed by atoms with van der Waals surface area (Å²) < 4.78 is 5.09. The molecule has 2 rings (SSSR count). The Morgan fingerprint density at radius 1 is 1.29 bits per heavy atom. The standard InChI is InChI=1S/C16H17ClN2O2/c1-10-7-12(4-5-13(10)17)16(20)19-9-11-3-6-15(21-2)14(18)8-11/h3-8H,9,18H2,1-2H3,(H,19,20). The third kappa shape index (κ3) is 3.67. The summed E-state index contributed by atoms with van der Waals surface area (Å²) in [7, 11) is 1.57. The molecule has 0 saturated carbocycles. The number of aryl methyl sites for hydroxylation is 1. The van der Waals surface area contributed by atoms with E-state index in [4.69, 9.17) is 22.1 Å². The van der Waals surface area contributed by atoms with Gasteiger partial charge in [0.05, 0.1) is 12.8 Å². The summed E-state index contributed by atoms with van der Waals surface area (Å²) in [6.45, 7) is 2.26. The highest BCUT2D eigenvalue weighted by molar-refractivity contribution is 6.31. The SMILES string of the molecule is COc1ccc(CNC(=O)c2ccc(Cl)c(C)c2)cc1N. The lowest BCUT2D eigenvalue weighted by Gasteiger charge is -2.09. The van der Waals surface area contributed by atoms with E-state index in [-0.39, 0.29) is 5.91 Å². The highest BCUT2D eigenvalue weighted by Gasteiger charge is 2.07. The lowest BCUT2D eigenvalue weighted by molar-refractivity contribution is 0.0951. The fraction of sp³-hybridized carbons (Fsp3) is 0.188. The fourth-order valence-corrected chi connectivity index (χ4v) is 2.08. The van der Waals surface area contributed by atoms with Crippen molar-refractivity contribution in [2.24, 2.45) is 0 Å². The number of benzene rings is 2. The molecular weight excluding hydrogens is 288 g/mol. The van der Waals surface area contributed by atoms with Crippen LogP contribution in [0.5, 0.6) is 5.75 Å². The molecule has 110 valence electrons. The van der Waals surface area contributed by atoms with Gasteiger partial charge in [0.25, 0.3) is 5.91 Å². The molecule has 0 aliphatic heterocycles. The van der Waals surface area contributed by atoms with Gasteiger partial charge in [-0.3, -0.25) is 4.79 Å². The van der Waals surface area contributed by atoms with Crippen LogP contribution >= 0.6 is 11.6 Å². The monoisotopic (exact) mass is 304 g/mol. The molecule has 21 heavy (non-hydrogen) atoms. The van der Waals surface area contributed by atoms with E-state index in [0.717, 1.165) is 11.1 Å². The van der Waals surface area contributed by atoms with Crippen molar-refractivity contribution in [3.8, 4) is 5.75 Å². The van der Waals surface area contributed by atoms with Crippen LogP contribution in [0.4, 0.5) is 5.69 Å². The van der Waals surface area contributed by atoms with E-state index in [0.29, 0.717) is 28.6 Å². The largest absolute Gasteiger partial charge is 0.495 e. The van der Waals surface area contributed by atoms with E-state index in [1.807, 2.05) is 13.0 Å². The highest BCUT2D eigenvalue weighted by Crippen LogP contribution is 2.22. The molecule has 0 unspecified atom stereocenters. The van der Waals surface area contributed by atoms with Crippen LogP contribution in [0.1, 0.15) is 21.5 Å². The third-order valence-corrected chi connectivity index (χ3v) is 3.59. The fourth-order valence-electron chi connectivity index (χ4n) is 1.96. The van der Waals surface area contributed by atoms with Gasteiger partial charge >= 0.3 is 0 Å². The van der Waals surface area contributed by atoms with E-state index in [1.54, 1.807) is 37.4 Å². The Bertz CT molecular complexity index is 671. The maximum Gasteiger partial charge on any atom is 0.251 e. The van der Waals surface area contributed by atoms with Gasteiger partial charge in [-0.25, -0.2) is 0 Å². The summed E-state index contributed by atoms with van der Waals surface area (Å²) in [5.41, 5.74) is 8.75. The molecule has 0 spiro atoms. The zero-order chi connectivity index (χ0) is 15.4. The molecule has 5 heteroatoms. The molecule has 0 aliphatic carbocycles. The summed E-state index contributed by atoms with van der Waals surface area (Å²) >= 11 is 5.95. The minimum Gasteiger partial charge on any atom is -0.495 e. The van der Waals surface area contributed by atoms with Crippen molar-refractivity contribution in [1.82, 2.24) is 5.32 Å². The molecule has 0 aromatic heterocycles. The van der Waals surface area contributed by atoms with Gasteiger partial charge in [0.2, 0.25) is 0 Å². The van der Waals surface area contributed by atoms with Crippen molar-refractivity contribution in [3.05, 3.63) is 58.1 Å². The van der Waals surface area contributed by atoms with Crippen LogP contribution in [0.2, 0.25) is 5.02 Å². The van der Waals surface area contributed by atoms with Crippen molar-refractivity contribution >= 4 is 23.2 Å². The predicted molar refractivity (Wildman–Crippen MR) is 84.8 cm³/mol. The van der Waals surface area contributed by atoms with Crippen LogP contribution < -0.4 is 15.8 Å². The van der Waals surface area contributed by atoms with Crippen molar-refractivity contribution < 1.29 is 9.53 Å². The number of anilines is 1. The van der Waals surface area contributed by atoms with Gasteiger partial charge in [-0.15, -0.1) is 0 Å². The van der Waals surface area contributed by atoms with Gasteiger partial charge in [0.15, 0.2) is 0 Å². The normalized spacial score (nSPS) is 10.2. The van der Waals surface area contributed by atoms with Gasteiger partial charge < -0.3 is 15.8 Å². The Labute approximate surface area is 128 Å². The van der Waals surface area contributed by atoms with E-state index >= 15 is 0 Å². The second-order valence-corrected chi connectivity index (χ2v) is 5.13. The number of carbonyl (C=O) groups is 1. The molecule has 0 aliphatic rings. The number of nitrogen functional groups attached to an aromatic ring is 1. The van der Waals surface area contributed by atoms with Gasteiger partial charge in [-0.05, 0) is 48.4 Å². The second kappa shape index (κ2) is 6.50. The number of hydrogen-bond donors (Lipinski definition) is 2. The predicted octanol–water partition coefficient (Wildman–Crippen LogP) is 3.17. The van der Waals surface area contributed by atoms with E-state index in [9.17, 15) is 4.79 Å². The number of methoxy groups -OCH3 is 1. The Morgan fingerprint density at radius 2 is 2.05 bits per heavy atom. The van der Waals surface area contributed by atoms with Gasteiger partial charge in [-0.1, -0.05) is 17.7 Å². The zero-order valence-corrected chi connectivity index (χ0v) is 12.7. The van der Waals surface area contributed by atoms with Crippen molar-refractivity contribution in [2.45, 2.75) is 13.5 Å². The Kier molecular flexibility index (Phi) is 4.70. The minimum absolute atomic E-state index is 0.149. The molecule has 0 fully saturated rings. The number of amides is 1. The van der Waals surface area contributed by atoms with E-state index in [2.05, 4.69) is 5.32 Å². The third-order valence-electron chi connectivity index (χ3n) is 3.17. The molecule has 0 saturated heterocycles. The molecule has 2 aromatic rings. The number of rotatable bonds is 4. The minimum atomic E-state index is -0.149. The summed E-state index contributed by atoms with van der Waals surface area (Å²) in [5, 5.41) is 3.50. The van der Waals surface area contributed by atoms with Crippen molar-refractivity contribution in [2.75, 3.05) is 12.8 Å². The van der Waals surface area contributed by atoms with Crippen LogP contribution in [-0.4, -0.2) is 13.0 Å². The Morgan fingerprint density at radius 3 is 2.67 bits per heavy atom. The molecular formula is C16H17ClN2O2. The molecule has 1 amide bonds. The number of nitrogens with two attached hydrogens (primary N) is 1. The Balaban J connectivity index is 2.03. The lowest BCUT2D eigenvalue weighted by atomic mass is 10.1. The summed E-state index contributed by atoms with van der Waals surface area (Å²) in [6, 6.07) is 10.6. The Hall–Kier alpha value is -2.20. The van der Waals surface area contributed by atoms with Crippen molar-refractivity contribution in [3.63, 3.8) is 0 Å². The number of nitrogens with one attached hydrogen (secondary N) is 1. The van der Waals surface area contributed by atoms with Gasteiger partial charge in [-0.2, -0.15) is 0 Å². The van der Waals surface area contributed by atoms with Crippen molar-refractivity contribution in [1.29, 1.82) is 0 Å². The highest BCUT2D eigenvalue weighted by atomic mass is 35.5. The maximum absolute atomic E-state index is 12.1. The average Bonchev–Trinajstić information content (AvgIpc) is 2.47. The lowest BCUT2D eigenvalue weighted by Crippen LogP contribution is -2.22. The zero-order valence-electron chi connectivity index (χ0n) is 11.9. The first kappa shape index (κ1) is 15.2. The number of carbonyl (C=O) groups excluding carboxylic acids is 1. The molecule has 4 nitrogen and oxygen atoms in total. The maximum atomic E-state index is 12.1. The summed E-state index contributed by atoms with van der Waals surface area (Å²) in [6.07, 6.45) is 0. The first-order valence-electron chi connectivity index (χ1n) is 6.48. The van der Waals surface area contributed by atoms with Crippen LogP contribution in [0.15, 0.2) is 36.4 Å². The molecule has 0 atom stereocenters. The van der Waals surface area contributed by atoms with Crippen LogP contribution in [-0.2, 0) is 6.54 Å². The topological polar surface area (TPSA) is 64.3 Å². The molecule has 3 N–H and O–H groups in total. The molecule has 0 heterocycles. The molecule has 0 radical (unpaired) electrons. The average molecular weight is 305 g/mol. The van der Waals surface area contributed by atoms with Crippen LogP contribution in [0, 0.1) is 6.92 Å². The smallest absolute Gasteiger partial charge is 0.251 e. The number of ether oxygens (including phenoxy) is 1. The quantitative estimate of drug-likeness (QED) is 0.853. The first-order chi connectivity index (χ1) is 10.0. The van der Waals surface area contributed by atoms with Gasteiger partial charge in [0.1, 0.15) is 5.75 Å². The van der Waals surface area contributed by atoms with E-state index < -0.39 is 0 Å². The number of hydrogen-bond acceptors (Lipinski definition) is 3. The van der Waals surface area contributed by atoms with Crippen LogP contribution in [0.25, 0.3) is 0 Å². The van der Waals surface area contributed by atoms with Gasteiger partial charge in [0, 0.05) is 17.1 Å². The van der Waals surface area contributed by atoms with Crippen LogP contribution in [0.3, 0.4) is 0 Å².